The quantitative estimate of drug-likeness (QED) is 0.622. The molecule has 1 aromatic rings. The Morgan fingerprint density at radius 1 is 1.00 bits per heavy atom. The van der Waals surface area contributed by atoms with Gasteiger partial charge >= 0.3 is 18.3 Å². The highest BCUT2D eigenvalue weighted by Gasteiger charge is 2.37. The second kappa shape index (κ2) is 7.76. The Morgan fingerprint density at radius 2 is 1.59 bits per heavy atom. The number of ether oxygens (including phenoxy) is 3. The summed E-state index contributed by atoms with van der Waals surface area (Å²) in [5.74, 6) is -2.55. The fraction of sp³-hybridized carbons (Fsp3) is 0.333. The lowest BCUT2D eigenvalue weighted by Gasteiger charge is -2.15. The number of anilines is 1. The highest BCUT2D eigenvalue weighted by Crippen LogP contribution is 2.37. The number of amides is 1. The number of halogens is 6. The van der Waals surface area contributed by atoms with Gasteiger partial charge < -0.3 is 19.5 Å². The number of rotatable bonds is 4. The van der Waals surface area contributed by atoms with Crippen LogP contribution in [0.25, 0.3) is 0 Å². The molecule has 0 fully saturated rings. The molecule has 12 heteroatoms. The van der Waals surface area contributed by atoms with Crippen LogP contribution in [0.1, 0.15) is 11.1 Å². The first-order valence-electron chi connectivity index (χ1n) is 7.18. The molecule has 1 aromatic carbocycles. The monoisotopic (exact) mass is 399 g/mol. The van der Waals surface area contributed by atoms with E-state index in [2.05, 4.69) is 4.74 Å². The van der Waals surface area contributed by atoms with Crippen LogP contribution in [0.2, 0.25) is 0 Å². The van der Waals surface area contributed by atoms with E-state index in [1.807, 2.05) is 5.32 Å². The maximum absolute atomic E-state index is 12.8. The summed E-state index contributed by atoms with van der Waals surface area (Å²) in [7, 11) is 0. The summed E-state index contributed by atoms with van der Waals surface area (Å²) >= 11 is 0. The van der Waals surface area contributed by atoms with Crippen molar-refractivity contribution in [2.45, 2.75) is 12.4 Å². The Hall–Kier alpha value is -2.92. The SMILES string of the molecule is O=C(COC(=O)C1=COCCO1)Nc1cc(C(F)(F)F)cc(C(F)(F)F)c1. The molecule has 1 heterocycles. The molecule has 0 aromatic heterocycles. The van der Waals surface area contributed by atoms with Crippen LogP contribution < -0.4 is 5.32 Å². The molecular formula is C15H11F6NO5. The number of benzene rings is 1. The van der Waals surface area contributed by atoms with E-state index in [4.69, 9.17) is 9.47 Å². The molecule has 0 spiro atoms. The highest BCUT2D eigenvalue weighted by molar-refractivity contribution is 5.94. The maximum atomic E-state index is 12.8. The zero-order valence-corrected chi connectivity index (χ0v) is 13.2. The van der Waals surface area contributed by atoms with Crippen LogP contribution in [0, 0.1) is 0 Å². The van der Waals surface area contributed by atoms with E-state index in [9.17, 15) is 35.9 Å². The summed E-state index contributed by atoms with van der Waals surface area (Å²) in [5.41, 5.74) is -3.94. The van der Waals surface area contributed by atoms with Gasteiger partial charge in [0, 0.05) is 5.69 Å². The third kappa shape index (κ3) is 5.79. The smallest absolute Gasteiger partial charge is 0.416 e. The molecule has 0 bridgehead atoms. The Morgan fingerprint density at radius 3 is 2.07 bits per heavy atom. The zero-order valence-electron chi connectivity index (χ0n) is 13.2. The lowest BCUT2D eigenvalue weighted by Crippen LogP contribution is -2.24. The molecule has 0 saturated carbocycles. The largest absolute Gasteiger partial charge is 0.493 e. The van der Waals surface area contributed by atoms with E-state index in [1.165, 1.54) is 0 Å². The number of carbonyl (C=O) groups is 2. The Kier molecular flexibility index (Phi) is 5.86. The number of alkyl halides is 6. The van der Waals surface area contributed by atoms with Gasteiger partial charge in [-0.2, -0.15) is 26.3 Å². The lowest BCUT2D eigenvalue weighted by molar-refractivity contribution is -0.148. The average Bonchev–Trinajstić information content (AvgIpc) is 2.58. The van der Waals surface area contributed by atoms with Crippen molar-refractivity contribution >= 4 is 17.6 Å². The van der Waals surface area contributed by atoms with Crippen molar-refractivity contribution in [2.24, 2.45) is 0 Å². The number of esters is 1. The first-order chi connectivity index (χ1) is 12.5. The molecule has 6 nitrogen and oxygen atoms in total. The van der Waals surface area contributed by atoms with E-state index in [0.717, 1.165) is 6.26 Å². The van der Waals surface area contributed by atoms with Crippen LogP contribution in [0.15, 0.2) is 30.2 Å². The first-order valence-corrected chi connectivity index (χ1v) is 7.18. The summed E-state index contributed by atoms with van der Waals surface area (Å²) in [4.78, 5) is 23.2. The van der Waals surface area contributed by atoms with Crippen molar-refractivity contribution < 1.29 is 50.1 Å². The van der Waals surface area contributed by atoms with Gasteiger partial charge in [0.05, 0.1) is 11.1 Å². The van der Waals surface area contributed by atoms with E-state index in [1.54, 1.807) is 0 Å². The second-order valence-electron chi connectivity index (χ2n) is 5.12. The van der Waals surface area contributed by atoms with E-state index in [-0.39, 0.29) is 25.0 Å². The Bertz CT molecular complexity index is 724. The average molecular weight is 399 g/mol. The van der Waals surface area contributed by atoms with Gasteiger partial charge in [0.2, 0.25) is 5.76 Å². The predicted octanol–water partition coefficient (Wildman–Crippen LogP) is 3.09. The van der Waals surface area contributed by atoms with Gasteiger partial charge in [-0.3, -0.25) is 4.79 Å². The predicted molar refractivity (Wildman–Crippen MR) is 76.0 cm³/mol. The summed E-state index contributed by atoms with van der Waals surface area (Å²) in [6.45, 7) is -0.691. The fourth-order valence-electron chi connectivity index (χ4n) is 1.90. The van der Waals surface area contributed by atoms with Crippen molar-refractivity contribution in [2.75, 3.05) is 25.1 Å². The Labute approximate surface area is 147 Å². The van der Waals surface area contributed by atoms with Crippen LogP contribution >= 0.6 is 0 Å². The normalized spacial score (nSPS) is 14.5. The third-order valence-electron chi connectivity index (χ3n) is 3.06. The summed E-state index contributed by atoms with van der Waals surface area (Å²) in [6, 6.07) is 0.577. The summed E-state index contributed by atoms with van der Waals surface area (Å²) < 4.78 is 90.7. The minimum absolute atomic E-state index is 0.0670. The van der Waals surface area contributed by atoms with Crippen LogP contribution in [0.5, 0.6) is 0 Å². The number of carbonyl (C=O) groups excluding carboxylic acids is 2. The van der Waals surface area contributed by atoms with Gasteiger partial charge in [0.15, 0.2) is 6.61 Å². The van der Waals surface area contributed by atoms with E-state index in [0.29, 0.717) is 12.1 Å². The molecule has 1 N–H and O–H groups in total. The van der Waals surface area contributed by atoms with Crippen LogP contribution in [-0.2, 0) is 36.2 Å². The molecule has 0 saturated heterocycles. The minimum atomic E-state index is -5.06. The van der Waals surface area contributed by atoms with Gasteiger partial charge in [0.1, 0.15) is 19.5 Å². The van der Waals surface area contributed by atoms with Crippen molar-refractivity contribution in [3.63, 3.8) is 0 Å². The molecule has 2 rings (SSSR count). The topological polar surface area (TPSA) is 73.9 Å². The first kappa shape index (κ1) is 20.4. The van der Waals surface area contributed by atoms with Crippen LogP contribution in [-0.4, -0.2) is 31.7 Å². The molecule has 1 aliphatic heterocycles. The Balaban J connectivity index is 2.08. The van der Waals surface area contributed by atoms with Crippen molar-refractivity contribution in [3.05, 3.63) is 41.3 Å². The standard InChI is InChI=1S/C15H11F6NO5/c16-14(17,18)8-3-9(15(19,20)21)5-10(4-8)22-12(23)7-27-13(24)11-6-25-1-2-26-11/h3-6H,1-2,7H2,(H,22,23). The number of hydrogen-bond donors (Lipinski definition) is 1. The van der Waals surface area contributed by atoms with Crippen molar-refractivity contribution in [3.8, 4) is 0 Å². The number of nitrogens with one attached hydrogen (secondary N) is 1. The van der Waals surface area contributed by atoms with Crippen LogP contribution in [0.3, 0.4) is 0 Å². The van der Waals surface area contributed by atoms with Crippen LogP contribution in [0.4, 0.5) is 32.0 Å². The molecule has 27 heavy (non-hydrogen) atoms. The van der Waals surface area contributed by atoms with Crippen molar-refractivity contribution in [1.82, 2.24) is 0 Å². The second-order valence-corrected chi connectivity index (χ2v) is 5.12. The highest BCUT2D eigenvalue weighted by atomic mass is 19.4. The summed E-state index contributed by atoms with van der Waals surface area (Å²) in [5, 5.41) is 1.82. The molecule has 0 aliphatic carbocycles. The molecule has 1 aliphatic rings. The minimum Gasteiger partial charge on any atom is -0.493 e. The van der Waals surface area contributed by atoms with Gasteiger partial charge in [-0.25, -0.2) is 4.79 Å². The fourth-order valence-corrected chi connectivity index (χ4v) is 1.90. The molecular weight excluding hydrogens is 388 g/mol. The van der Waals surface area contributed by atoms with Gasteiger partial charge in [-0.05, 0) is 18.2 Å². The van der Waals surface area contributed by atoms with Gasteiger partial charge in [-0.15, -0.1) is 0 Å². The number of hydrogen-bond acceptors (Lipinski definition) is 5. The molecule has 148 valence electrons. The van der Waals surface area contributed by atoms with E-state index < -0.39 is 47.7 Å². The third-order valence-corrected chi connectivity index (χ3v) is 3.06. The molecule has 0 atom stereocenters. The van der Waals surface area contributed by atoms with Gasteiger partial charge in [0.25, 0.3) is 5.91 Å². The molecule has 0 unspecified atom stereocenters. The molecule has 0 radical (unpaired) electrons. The molecule has 1 amide bonds. The summed E-state index contributed by atoms with van der Waals surface area (Å²) in [6.07, 6.45) is -9.16. The lowest BCUT2D eigenvalue weighted by atomic mass is 10.1. The zero-order chi connectivity index (χ0) is 20.2. The van der Waals surface area contributed by atoms with E-state index >= 15 is 0 Å². The van der Waals surface area contributed by atoms with Crippen molar-refractivity contribution in [1.29, 1.82) is 0 Å². The van der Waals surface area contributed by atoms with Gasteiger partial charge in [-0.1, -0.05) is 0 Å². The maximum Gasteiger partial charge on any atom is 0.416 e.